The van der Waals surface area contributed by atoms with E-state index in [2.05, 4.69) is 4.99 Å². The molecule has 174 valence electrons. The molecule has 3 rings (SSSR count). The summed E-state index contributed by atoms with van der Waals surface area (Å²) in [4.78, 5) is 43.3. The number of esters is 1. The molecule has 0 spiro atoms. The third-order valence-corrected chi connectivity index (χ3v) is 6.69. The molecule has 1 aromatic carbocycles. The lowest BCUT2D eigenvalue weighted by Crippen LogP contribution is -2.41. The number of fused-ring (bicyclic) bond motifs is 1. The normalized spacial score (nSPS) is 14.7. The summed E-state index contributed by atoms with van der Waals surface area (Å²) in [6, 6.07) is 5.28. The number of methoxy groups -OCH3 is 1. The molecular weight excluding hydrogens is 454 g/mol. The molecule has 9 nitrogen and oxygen atoms in total. The van der Waals surface area contributed by atoms with Crippen molar-refractivity contribution < 1.29 is 28.6 Å². The third kappa shape index (κ3) is 6.41. The highest BCUT2D eigenvalue weighted by Crippen LogP contribution is 2.20. The molecule has 0 atom stereocenters. The Labute approximate surface area is 194 Å². The van der Waals surface area contributed by atoms with E-state index in [1.165, 1.54) is 23.1 Å². The van der Waals surface area contributed by atoms with Crippen molar-refractivity contribution in [3.8, 4) is 0 Å². The first-order chi connectivity index (χ1) is 15.5. The molecular formula is C21H27N3O6S2. The van der Waals surface area contributed by atoms with Gasteiger partial charge in [0, 0.05) is 26.7 Å². The van der Waals surface area contributed by atoms with E-state index in [4.69, 9.17) is 14.2 Å². The van der Waals surface area contributed by atoms with Crippen LogP contribution in [-0.2, 0) is 30.3 Å². The number of rotatable bonds is 9. The maximum Gasteiger partial charge on any atom is 0.338 e. The van der Waals surface area contributed by atoms with E-state index in [0.29, 0.717) is 56.4 Å². The van der Waals surface area contributed by atoms with Crippen molar-refractivity contribution in [2.45, 2.75) is 13.5 Å². The second-order valence-electron chi connectivity index (χ2n) is 6.92. The molecule has 1 aliphatic heterocycles. The van der Waals surface area contributed by atoms with Gasteiger partial charge in [0.15, 0.2) is 4.80 Å². The average Bonchev–Trinajstić information content (AvgIpc) is 3.14. The quantitative estimate of drug-likeness (QED) is 0.501. The second kappa shape index (κ2) is 12.1. The van der Waals surface area contributed by atoms with Crippen LogP contribution >= 0.6 is 23.1 Å². The van der Waals surface area contributed by atoms with Gasteiger partial charge in [-0.05, 0) is 25.1 Å². The topological polar surface area (TPSA) is 99.4 Å². The second-order valence-corrected chi connectivity index (χ2v) is 8.92. The fourth-order valence-corrected chi connectivity index (χ4v) is 4.98. The van der Waals surface area contributed by atoms with E-state index in [9.17, 15) is 14.4 Å². The highest BCUT2D eigenvalue weighted by atomic mass is 32.2. The van der Waals surface area contributed by atoms with Crippen LogP contribution in [0.15, 0.2) is 23.2 Å². The lowest BCUT2D eigenvalue weighted by atomic mass is 10.2. The predicted molar refractivity (Wildman–Crippen MR) is 123 cm³/mol. The Morgan fingerprint density at radius 3 is 2.72 bits per heavy atom. The van der Waals surface area contributed by atoms with Gasteiger partial charge in [-0.3, -0.25) is 9.59 Å². The lowest BCUT2D eigenvalue weighted by molar-refractivity contribution is -0.132. The molecule has 1 aliphatic rings. The molecule has 0 saturated carbocycles. The van der Waals surface area contributed by atoms with E-state index in [0.717, 1.165) is 10.2 Å². The van der Waals surface area contributed by atoms with Gasteiger partial charge in [-0.2, -0.15) is 4.99 Å². The van der Waals surface area contributed by atoms with Crippen molar-refractivity contribution in [2.75, 3.05) is 58.1 Å². The molecule has 11 heteroatoms. The molecule has 2 aromatic rings. The van der Waals surface area contributed by atoms with Crippen LogP contribution in [0.4, 0.5) is 0 Å². The number of carbonyl (C=O) groups excluding carboxylic acids is 3. The van der Waals surface area contributed by atoms with Crippen molar-refractivity contribution in [2.24, 2.45) is 4.99 Å². The minimum atomic E-state index is -0.387. The van der Waals surface area contributed by atoms with E-state index >= 15 is 0 Å². The monoisotopic (exact) mass is 481 g/mol. The van der Waals surface area contributed by atoms with E-state index < -0.39 is 0 Å². The summed E-state index contributed by atoms with van der Waals surface area (Å²) in [7, 11) is 1.61. The van der Waals surface area contributed by atoms with Gasteiger partial charge in [0.25, 0.3) is 5.91 Å². The number of nitrogens with zero attached hydrogens (tertiary/aromatic N) is 3. The fourth-order valence-electron chi connectivity index (χ4n) is 3.17. The Morgan fingerprint density at radius 1 is 1.22 bits per heavy atom. The van der Waals surface area contributed by atoms with Crippen LogP contribution in [0.1, 0.15) is 17.3 Å². The Bertz CT molecular complexity index is 1030. The van der Waals surface area contributed by atoms with Crippen LogP contribution in [-0.4, -0.2) is 85.4 Å². The number of thioether (sulfide) groups is 1. The summed E-state index contributed by atoms with van der Waals surface area (Å²) >= 11 is 2.59. The van der Waals surface area contributed by atoms with Crippen LogP contribution in [0, 0.1) is 0 Å². The number of morpholine rings is 1. The van der Waals surface area contributed by atoms with Crippen LogP contribution in [0.25, 0.3) is 10.2 Å². The first-order valence-corrected chi connectivity index (χ1v) is 12.3. The standard InChI is InChI=1S/C21H27N3O6S2/c1-3-30-20(27)15-4-5-16-17(12-15)32-21(24(16)8-9-28-2)22-18(25)13-31-14-19(26)23-6-10-29-11-7-23/h4-5,12H,3,6-11,13-14H2,1-2H3. The van der Waals surface area contributed by atoms with Gasteiger partial charge in [-0.1, -0.05) is 11.3 Å². The minimum absolute atomic E-state index is 0.00890. The number of amides is 2. The summed E-state index contributed by atoms with van der Waals surface area (Å²) in [5, 5.41) is 0. The van der Waals surface area contributed by atoms with Crippen LogP contribution in [0.3, 0.4) is 0 Å². The highest BCUT2D eigenvalue weighted by molar-refractivity contribution is 8.00. The predicted octanol–water partition coefficient (Wildman–Crippen LogP) is 1.55. The first kappa shape index (κ1) is 24.4. The summed E-state index contributed by atoms with van der Waals surface area (Å²) < 4.78 is 18.2. The van der Waals surface area contributed by atoms with Crippen LogP contribution in [0.2, 0.25) is 0 Å². The van der Waals surface area contributed by atoms with Crippen molar-refractivity contribution in [1.82, 2.24) is 9.47 Å². The van der Waals surface area contributed by atoms with Gasteiger partial charge in [0.1, 0.15) is 0 Å². The van der Waals surface area contributed by atoms with Gasteiger partial charge in [-0.15, -0.1) is 11.8 Å². The molecule has 0 aliphatic carbocycles. The molecule has 1 aromatic heterocycles. The average molecular weight is 482 g/mol. The number of hydrogen-bond acceptors (Lipinski definition) is 8. The minimum Gasteiger partial charge on any atom is -0.462 e. The Hall–Kier alpha value is -2.21. The van der Waals surface area contributed by atoms with Crippen LogP contribution < -0.4 is 4.80 Å². The van der Waals surface area contributed by atoms with Crippen molar-refractivity contribution in [3.63, 3.8) is 0 Å². The zero-order chi connectivity index (χ0) is 22.9. The zero-order valence-corrected chi connectivity index (χ0v) is 19.8. The lowest BCUT2D eigenvalue weighted by Gasteiger charge is -2.26. The Morgan fingerprint density at radius 2 is 2.00 bits per heavy atom. The fraction of sp³-hybridized carbons (Fsp3) is 0.524. The van der Waals surface area contributed by atoms with Gasteiger partial charge in [0.2, 0.25) is 5.91 Å². The smallest absolute Gasteiger partial charge is 0.338 e. The first-order valence-electron chi connectivity index (χ1n) is 10.3. The van der Waals surface area contributed by atoms with Gasteiger partial charge in [-0.25, -0.2) is 4.79 Å². The number of carbonyl (C=O) groups is 3. The summed E-state index contributed by atoms with van der Waals surface area (Å²) in [6.45, 7) is 5.32. The zero-order valence-electron chi connectivity index (χ0n) is 18.2. The number of aromatic nitrogens is 1. The maximum absolute atomic E-state index is 12.5. The SMILES string of the molecule is CCOC(=O)c1ccc2c(c1)sc(=NC(=O)CSCC(=O)N1CCOCC1)n2CCOC. The maximum atomic E-state index is 12.5. The summed E-state index contributed by atoms with van der Waals surface area (Å²) in [5.41, 5.74) is 1.32. The molecule has 32 heavy (non-hydrogen) atoms. The summed E-state index contributed by atoms with van der Waals surface area (Å²) in [5.74, 6) is -0.340. The summed E-state index contributed by atoms with van der Waals surface area (Å²) in [6.07, 6.45) is 0. The molecule has 1 saturated heterocycles. The number of hydrogen-bond donors (Lipinski definition) is 0. The number of thiazole rings is 1. The van der Waals surface area contributed by atoms with E-state index in [-0.39, 0.29) is 29.3 Å². The Balaban J connectivity index is 1.73. The molecule has 0 radical (unpaired) electrons. The van der Waals surface area contributed by atoms with Gasteiger partial charge < -0.3 is 23.7 Å². The molecule has 2 amide bonds. The van der Waals surface area contributed by atoms with E-state index in [1.807, 2.05) is 10.6 Å². The molecule has 0 unspecified atom stereocenters. The highest BCUT2D eigenvalue weighted by Gasteiger charge is 2.17. The molecule has 1 fully saturated rings. The van der Waals surface area contributed by atoms with Crippen LogP contribution in [0.5, 0.6) is 0 Å². The molecule has 2 heterocycles. The van der Waals surface area contributed by atoms with E-state index in [1.54, 1.807) is 31.1 Å². The number of ether oxygens (including phenoxy) is 3. The molecule has 0 N–H and O–H groups in total. The number of benzene rings is 1. The largest absolute Gasteiger partial charge is 0.462 e. The van der Waals surface area contributed by atoms with Crippen molar-refractivity contribution in [3.05, 3.63) is 28.6 Å². The van der Waals surface area contributed by atoms with Crippen molar-refractivity contribution in [1.29, 1.82) is 0 Å². The van der Waals surface area contributed by atoms with Crippen molar-refractivity contribution >= 4 is 51.1 Å². The van der Waals surface area contributed by atoms with Gasteiger partial charge in [0.05, 0.1) is 53.7 Å². The third-order valence-electron chi connectivity index (χ3n) is 4.75. The molecule has 0 bridgehead atoms. The van der Waals surface area contributed by atoms with Gasteiger partial charge >= 0.3 is 5.97 Å². The Kier molecular flexibility index (Phi) is 9.27.